The number of carbonyl (C=O) groups is 1. The maximum atomic E-state index is 11.5. The number of phenolic OH excluding ortho intramolecular Hbond substituents is 1. The molecule has 0 saturated heterocycles. The van der Waals surface area contributed by atoms with E-state index in [0.717, 1.165) is 0 Å². The highest BCUT2D eigenvalue weighted by Gasteiger charge is 2.15. The topological polar surface area (TPSA) is 72.5 Å². The number of ketones is 1. The third-order valence-electron chi connectivity index (χ3n) is 1.88. The Morgan fingerprint density at radius 2 is 2.21 bits per heavy atom. The number of hydrogen-bond donors (Lipinski definition) is 2. The third kappa shape index (κ3) is 2.03. The predicted octanol–water partition coefficient (Wildman–Crippen LogP) is 0.931. The minimum atomic E-state index is -0.631. The second-order valence-corrected chi connectivity index (χ2v) is 3.04. The van der Waals surface area contributed by atoms with Gasteiger partial charge in [-0.15, -0.1) is 0 Å². The van der Waals surface area contributed by atoms with E-state index in [9.17, 15) is 9.90 Å². The van der Waals surface area contributed by atoms with Gasteiger partial charge < -0.3 is 15.6 Å². The van der Waals surface area contributed by atoms with Crippen molar-refractivity contribution in [2.24, 2.45) is 5.73 Å². The van der Waals surface area contributed by atoms with E-state index in [-0.39, 0.29) is 17.1 Å². The van der Waals surface area contributed by atoms with Gasteiger partial charge in [0.05, 0.1) is 18.7 Å². The zero-order chi connectivity index (χ0) is 10.7. The van der Waals surface area contributed by atoms with Crippen LogP contribution in [0.3, 0.4) is 0 Å². The van der Waals surface area contributed by atoms with Crippen LogP contribution in [0.5, 0.6) is 11.5 Å². The molecule has 4 nitrogen and oxygen atoms in total. The fraction of sp³-hybridized carbons (Fsp3) is 0.300. The molecule has 0 aliphatic heterocycles. The number of hydrogen-bond acceptors (Lipinski definition) is 4. The molecule has 3 N–H and O–H groups in total. The minimum absolute atomic E-state index is 0.0758. The largest absolute Gasteiger partial charge is 0.507 e. The molecule has 0 bridgehead atoms. The maximum Gasteiger partial charge on any atom is 0.183 e. The number of phenols is 1. The summed E-state index contributed by atoms with van der Waals surface area (Å²) in [6.45, 7) is 1.57. The summed E-state index contributed by atoms with van der Waals surface area (Å²) in [5, 5.41) is 9.42. The van der Waals surface area contributed by atoms with Crippen molar-refractivity contribution in [2.75, 3.05) is 7.11 Å². The number of aromatic hydroxyl groups is 1. The van der Waals surface area contributed by atoms with E-state index in [1.807, 2.05) is 0 Å². The summed E-state index contributed by atoms with van der Waals surface area (Å²) in [7, 11) is 1.49. The average Bonchev–Trinajstić information content (AvgIpc) is 2.17. The molecule has 4 heteroatoms. The van der Waals surface area contributed by atoms with Crippen molar-refractivity contribution in [3.05, 3.63) is 23.8 Å². The smallest absolute Gasteiger partial charge is 0.183 e. The maximum absolute atomic E-state index is 11.5. The number of benzene rings is 1. The van der Waals surface area contributed by atoms with Crippen LogP contribution in [-0.2, 0) is 0 Å². The quantitative estimate of drug-likeness (QED) is 0.704. The van der Waals surface area contributed by atoms with Gasteiger partial charge in [0, 0.05) is 0 Å². The highest BCUT2D eigenvalue weighted by Crippen LogP contribution is 2.23. The van der Waals surface area contributed by atoms with Crippen LogP contribution in [0.1, 0.15) is 17.3 Å². The molecule has 1 unspecified atom stereocenters. The summed E-state index contributed by atoms with van der Waals surface area (Å²) in [6, 6.07) is 3.83. The molecule has 0 saturated carbocycles. The molecule has 1 aromatic rings. The van der Waals surface area contributed by atoms with Crippen LogP contribution in [0, 0.1) is 0 Å². The van der Waals surface area contributed by atoms with Crippen LogP contribution in [0.25, 0.3) is 0 Å². The Labute approximate surface area is 82.3 Å². The van der Waals surface area contributed by atoms with Gasteiger partial charge in [0.15, 0.2) is 5.78 Å². The molecule has 76 valence electrons. The monoisotopic (exact) mass is 195 g/mol. The molecule has 0 aliphatic rings. The van der Waals surface area contributed by atoms with Crippen molar-refractivity contribution in [2.45, 2.75) is 13.0 Å². The van der Waals surface area contributed by atoms with E-state index < -0.39 is 6.04 Å². The van der Waals surface area contributed by atoms with Gasteiger partial charge in [-0.3, -0.25) is 4.79 Å². The normalized spacial score (nSPS) is 12.2. The number of carbonyl (C=O) groups excluding carboxylic acids is 1. The number of methoxy groups -OCH3 is 1. The fourth-order valence-corrected chi connectivity index (χ4v) is 1.08. The van der Waals surface area contributed by atoms with Gasteiger partial charge >= 0.3 is 0 Å². The molecular weight excluding hydrogens is 182 g/mol. The third-order valence-corrected chi connectivity index (χ3v) is 1.88. The summed E-state index contributed by atoms with van der Waals surface area (Å²) in [5.41, 5.74) is 5.62. The molecule has 0 spiro atoms. The lowest BCUT2D eigenvalue weighted by Gasteiger charge is -2.08. The van der Waals surface area contributed by atoms with Gasteiger partial charge in [0.2, 0.25) is 0 Å². The first kappa shape index (κ1) is 10.5. The summed E-state index contributed by atoms with van der Waals surface area (Å²) in [6.07, 6.45) is 0. The van der Waals surface area contributed by atoms with Crippen molar-refractivity contribution >= 4 is 5.78 Å². The average molecular weight is 195 g/mol. The Morgan fingerprint density at radius 1 is 1.57 bits per heavy atom. The van der Waals surface area contributed by atoms with Crippen molar-refractivity contribution < 1.29 is 14.6 Å². The van der Waals surface area contributed by atoms with Crippen LogP contribution < -0.4 is 10.5 Å². The first-order valence-electron chi connectivity index (χ1n) is 4.23. The molecule has 1 rings (SSSR count). The van der Waals surface area contributed by atoms with Crippen LogP contribution >= 0.6 is 0 Å². The second-order valence-electron chi connectivity index (χ2n) is 3.04. The lowest BCUT2D eigenvalue weighted by molar-refractivity contribution is 0.0965. The number of ether oxygens (including phenoxy) is 1. The molecule has 0 fully saturated rings. The molecule has 0 amide bonds. The summed E-state index contributed by atoms with van der Waals surface area (Å²) in [5.74, 6) is 0.140. The Hall–Kier alpha value is -1.55. The van der Waals surface area contributed by atoms with E-state index in [1.165, 1.54) is 19.2 Å². The molecule has 14 heavy (non-hydrogen) atoms. The standard InChI is InChI=1S/C10H13NO3/c1-6(11)10(13)8-5-7(14-2)3-4-9(8)12/h3-6,12H,11H2,1-2H3. The Morgan fingerprint density at radius 3 is 2.71 bits per heavy atom. The minimum Gasteiger partial charge on any atom is -0.507 e. The van der Waals surface area contributed by atoms with Crippen molar-refractivity contribution in [1.82, 2.24) is 0 Å². The molecular formula is C10H13NO3. The van der Waals surface area contributed by atoms with Crippen molar-refractivity contribution in [3.63, 3.8) is 0 Å². The number of nitrogens with two attached hydrogens (primary N) is 1. The zero-order valence-electron chi connectivity index (χ0n) is 8.15. The molecule has 1 atom stereocenters. The summed E-state index contributed by atoms with van der Waals surface area (Å²) in [4.78, 5) is 11.5. The lowest BCUT2D eigenvalue weighted by atomic mass is 10.0. The van der Waals surface area contributed by atoms with Crippen LogP contribution in [0.2, 0.25) is 0 Å². The summed E-state index contributed by atoms with van der Waals surface area (Å²) >= 11 is 0. The fourth-order valence-electron chi connectivity index (χ4n) is 1.08. The Bertz CT molecular complexity index is 347. The van der Waals surface area contributed by atoms with Crippen LogP contribution in [-0.4, -0.2) is 24.0 Å². The van der Waals surface area contributed by atoms with Crippen molar-refractivity contribution in [1.29, 1.82) is 0 Å². The second kappa shape index (κ2) is 4.11. The van der Waals surface area contributed by atoms with Gasteiger partial charge in [-0.1, -0.05) is 0 Å². The number of rotatable bonds is 3. The van der Waals surface area contributed by atoms with E-state index in [2.05, 4.69) is 0 Å². The van der Waals surface area contributed by atoms with Crippen molar-refractivity contribution in [3.8, 4) is 11.5 Å². The van der Waals surface area contributed by atoms with Gasteiger partial charge in [-0.05, 0) is 25.1 Å². The predicted molar refractivity (Wildman–Crippen MR) is 52.6 cm³/mol. The SMILES string of the molecule is COc1ccc(O)c(C(=O)C(C)N)c1. The van der Waals surface area contributed by atoms with Gasteiger partial charge in [0.1, 0.15) is 11.5 Å². The van der Waals surface area contributed by atoms with E-state index in [0.29, 0.717) is 5.75 Å². The lowest BCUT2D eigenvalue weighted by Crippen LogP contribution is -2.26. The highest BCUT2D eigenvalue weighted by atomic mass is 16.5. The Balaban J connectivity index is 3.12. The van der Waals surface area contributed by atoms with E-state index >= 15 is 0 Å². The Kier molecular flexibility index (Phi) is 3.09. The zero-order valence-corrected chi connectivity index (χ0v) is 8.15. The summed E-state index contributed by atoms with van der Waals surface area (Å²) < 4.78 is 4.94. The van der Waals surface area contributed by atoms with E-state index in [4.69, 9.17) is 10.5 Å². The van der Waals surface area contributed by atoms with Gasteiger partial charge in [-0.2, -0.15) is 0 Å². The molecule has 0 radical (unpaired) electrons. The molecule has 0 aliphatic carbocycles. The van der Waals surface area contributed by atoms with Gasteiger partial charge in [-0.25, -0.2) is 0 Å². The molecule has 1 aromatic carbocycles. The van der Waals surface area contributed by atoms with Crippen LogP contribution in [0.4, 0.5) is 0 Å². The first-order valence-corrected chi connectivity index (χ1v) is 4.23. The molecule has 0 heterocycles. The van der Waals surface area contributed by atoms with Crippen LogP contribution in [0.15, 0.2) is 18.2 Å². The molecule has 0 aromatic heterocycles. The number of Topliss-reactive ketones (excluding diaryl/α,β-unsaturated/α-hetero) is 1. The van der Waals surface area contributed by atoms with E-state index in [1.54, 1.807) is 13.0 Å². The highest BCUT2D eigenvalue weighted by molar-refractivity contribution is 6.02. The van der Waals surface area contributed by atoms with Gasteiger partial charge in [0.25, 0.3) is 0 Å². The first-order chi connectivity index (χ1) is 6.56.